The molecule has 0 bridgehead atoms. The molecule has 0 spiro atoms. The van der Waals surface area contributed by atoms with Gasteiger partial charge in [-0.05, 0) is 36.4 Å². The number of hydrogen-bond acceptors (Lipinski definition) is 4. The second kappa shape index (κ2) is 5.92. The molecule has 2 aromatic carbocycles. The molecule has 1 aliphatic heterocycles. The third-order valence-electron chi connectivity index (χ3n) is 3.55. The van der Waals surface area contributed by atoms with Gasteiger partial charge in [0.1, 0.15) is 12.3 Å². The number of rotatable bonds is 4. The first kappa shape index (κ1) is 14.8. The van der Waals surface area contributed by atoms with Gasteiger partial charge in [-0.1, -0.05) is 12.1 Å². The van der Waals surface area contributed by atoms with Gasteiger partial charge in [0.15, 0.2) is 0 Å². The highest BCUT2D eigenvalue weighted by Crippen LogP contribution is 2.28. The summed E-state index contributed by atoms with van der Waals surface area (Å²) in [4.78, 5) is 37.2. The Morgan fingerprint density at radius 2 is 1.78 bits per heavy atom. The number of anilines is 2. The summed E-state index contributed by atoms with van der Waals surface area (Å²) in [6.45, 7) is -0.215. The Kier molecular flexibility index (Phi) is 3.80. The lowest BCUT2D eigenvalue weighted by Crippen LogP contribution is -2.37. The molecule has 23 heavy (non-hydrogen) atoms. The molecule has 1 aliphatic rings. The summed E-state index contributed by atoms with van der Waals surface area (Å²) in [5.41, 5.74) is 1.38. The van der Waals surface area contributed by atoms with Crippen molar-refractivity contribution in [1.29, 1.82) is 0 Å². The maximum atomic E-state index is 12.1. The van der Waals surface area contributed by atoms with Gasteiger partial charge in [0.25, 0.3) is 11.7 Å². The van der Waals surface area contributed by atoms with Gasteiger partial charge in [-0.2, -0.15) is 0 Å². The van der Waals surface area contributed by atoms with E-state index in [2.05, 4.69) is 5.32 Å². The molecular formula is C17H14N2O4. The fraction of sp³-hybridized carbons (Fsp3) is 0.118. The van der Waals surface area contributed by atoms with E-state index in [1.807, 2.05) is 0 Å². The van der Waals surface area contributed by atoms with Gasteiger partial charge < -0.3 is 10.1 Å². The molecule has 0 fully saturated rings. The molecule has 116 valence electrons. The molecular weight excluding hydrogens is 296 g/mol. The molecule has 1 N–H and O–H groups in total. The van der Waals surface area contributed by atoms with Crippen molar-refractivity contribution in [3.8, 4) is 5.75 Å². The van der Waals surface area contributed by atoms with Crippen molar-refractivity contribution < 1.29 is 19.1 Å². The number of fused-ring (bicyclic) bond motifs is 1. The van der Waals surface area contributed by atoms with Gasteiger partial charge >= 0.3 is 0 Å². The monoisotopic (exact) mass is 310 g/mol. The molecule has 6 heteroatoms. The van der Waals surface area contributed by atoms with Gasteiger partial charge in [-0.25, -0.2) is 0 Å². The van der Waals surface area contributed by atoms with E-state index in [0.29, 0.717) is 22.7 Å². The maximum absolute atomic E-state index is 12.1. The number of benzene rings is 2. The van der Waals surface area contributed by atoms with E-state index in [-0.39, 0.29) is 12.5 Å². The van der Waals surface area contributed by atoms with E-state index in [1.165, 1.54) is 4.90 Å². The molecule has 1 heterocycles. The average molecular weight is 310 g/mol. The minimum Gasteiger partial charge on any atom is -0.497 e. The quantitative estimate of drug-likeness (QED) is 0.875. The first-order valence-electron chi connectivity index (χ1n) is 6.99. The number of para-hydroxylation sites is 1. The lowest BCUT2D eigenvalue weighted by Gasteiger charge is -2.16. The van der Waals surface area contributed by atoms with Crippen molar-refractivity contribution in [2.45, 2.75) is 0 Å². The molecule has 0 radical (unpaired) electrons. The first-order valence-corrected chi connectivity index (χ1v) is 6.99. The molecule has 2 aromatic rings. The number of carbonyl (C=O) groups is 3. The van der Waals surface area contributed by atoms with E-state index < -0.39 is 11.7 Å². The van der Waals surface area contributed by atoms with Gasteiger partial charge in [-0.15, -0.1) is 0 Å². The van der Waals surface area contributed by atoms with Gasteiger partial charge in [0.2, 0.25) is 5.91 Å². The first-order chi connectivity index (χ1) is 11.1. The van der Waals surface area contributed by atoms with Crippen LogP contribution in [0.4, 0.5) is 11.4 Å². The number of carbonyl (C=O) groups excluding carboxylic acids is 3. The zero-order valence-electron chi connectivity index (χ0n) is 12.4. The van der Waals surface area contributed by atoms with Crippen LogP contribution in [0.1, 0.15) is 10.4 Å². The number of Topliss-reactive ketones (excluding diaryl/α,β-unsaturated/α-hetero) is 1. The Balaban J connectivity index is 1.72. The van der Waals surface area contributed by atoms with Gasteiger partial charge in [0, 0.05) is 5.69 Å². The van der Waals surface area contributed by atoms with Crippen LogP contribution in [0.5, 0.6) is 5.75 Å². The SMILES string of the molecule is COc1ccc(NC(=O)CN2C(=O)C(=O)c3ccccc32)cc1. The number of methoxy groups -OCH3 is 1. The van der Waals surface area contributed by atoms with Gasteiger partial charge in [-0.3, -0.25) is 19.3 Å². The van der Waals surface area contributed by atoms with Crippen LogP contribution in [0, 0.1) is 0 Å². The molecule has 3 rings (SSSR count). The molecule has 0 unspecified atom stereocenters. The van der Waals surface area contributed by atoms with Crippen LogP contribution in [0.15, 0.2) is 48.5 Å². The third kappa shape index (κ3) is 2.78. The summed E-state index contributed by atoms with van der Waals surface area (Å²) in [5, 5.41) is 2.69. The Bertz CT molecular complexity index is 783. The summed E-state index contributed by atoms with van der Waals surface area (Å²) < 4.78 is 5.04. The highest BCUT2D eigenvalue weighted by Gasteiger charge is 2.36. The van der Waals surface area contributed by atoms with Crippen molar-refractivity contribution in [3.63, 3.8) is 0 Å². The van der Waals surface area contributed by atoms with Crippen molar-refractivity contribution in [3.05, 3.63) is 54.1 Å². The summed E-state index contributed by atoms with van der Waals surface area (Å²) in [7, 11) is 1.56. The standard InChI is InChI=1S/C17H14N2O4/c1-23-12-8-6-11(7-9-12)18-15(20)10-19-14-5-3-2-4-13(14)16(21)17(19)22/h2-9H,10H2,1H3,(H,18,20). The van der Waals surface area contributed by atoms with Crippen molar-refractivity contribution in [1.82, 2.24) is 0 Å². The zero-order chi connectivity index (χ0) is 16.4. The fourth-order valence-electron chi connectivity index (χ4n) is 2.42. The molecule has 0 saturated carbocycles. The van der Waals surface area contributed by atoms with E-state index in [0.717, 1.165) is 0 Å². The molecule has 2 amide bonds. The summed E-state index contributed by atoms with van der Waals surface area (Å²) in [6, 6.07) is 13.5. The molecule has 6 nitrogen and oxygen atoms in total. The second-order valence-corrected chi connectivity index (χ2v) is 5.01. The number of hydrogen-bond donors (Lipinski definition) is 1. The van der Waals surface area contributed by atoms with Crippen LogP contribution in [0.25, 0.3) is 0 Å². The summed E-state index contributed by atoms with van der Waals surface area (Å²) in [5.74, 6) is -0.973. The van der Waals surface area contributed by atoms with Crippen molar-refractivity contribution in [2.24, 2.45) is 0 Å². The van der Waals surface area contributed by atoms with E-state index in [1.54, 1.807) is 55.6 Å². The van der Waals surface area contributed by atoms with Gasteiger partial charge in [0.05, 0.1) is 18.4 Å². The number of amides is 2. The Morgan fingerprint density at radius 3 is 2.48 bits per heavy atom. The van der Waals surface area contributed by atoms with Crippen LogP contribution in [-0.2, 0) is 9.59 Å². The van der Waals surface area contributed by atoms with Crippen molar-refractivity contribution >= 4 is 29.0 Å². The number of ketones is 1. The predicted octanol–water partition coefficient (Wildman–Crippen LogP) is 1.86. The minimum atomic E-state index is -0.684. The summed E-state index contributed by atoms with van der Waals surface area (Å²) >= 11 is 0. The Morgan fingerprint density at radius 1 is 1.09 bits per heavy atom. The number of ether oxygens (including phenoxy) is 1. The minimum absolute atomic E-state index is 0.215. The topological polar surface area (TPSA) is 75.7 Å². The fourth-order valence-corrected chi connectivity index (χ4v) is 2.42. The second-order valence-electron chi connectivity index (χ2n) is 5.01. The largest absolute Gasteiger partial charge is 0.497 e. The number of nitrogens with one attached hydrogen (secondary N) is 1. The van der Waals surface area contributed by atoms with E-state index in [4.69, 9.17) is 4.74 Å². The molecule has 0 saturated heterocycles. The zero-order valence-corrected chi connectivity index (χ0v) is 12.4. The highest BCUT2D eigenvalue weighted by molar-refractivity contribution is 6.52. The van der Waals surface area contributed by atoms with Crippen LogP contribution >= 0.6 is 0 Å². The van der Waals surface area contributed by atoms with Crippen LogP contribution in [0.2, 0.25) is 0 Å². The summed E-state index contributed by atoms with van der Waals surface area (Å²) in [6.07, 6.45) is 0. The van der Waals surface area contributed by atoms with E-state index in [9.17, 15) is 14.4 Å². The lowest BCUT2D eigenvalue weighted by molar-refractivity contribution is -0.118. The van der Waals surface area contributed by atoms with Crippen LogP contribution < -0.4 is 15.0 Å². The Hall–Kier alpha value is -3.15. The number of nitrogens with zero attached hydrogens (tertiary/aromatic N) is 1. The lowest BCUT2D eigenvalue weighted by atomic mass is 10.1. The van der Waals surface area contributed by atoms with E-state index >= 15 is 0 Å². The van der Waals surface area contributed by atoms with Crippen LogP contribution in [-0.4, -0.2) is 31.3 Å². The molecule has 0 aromatic heterocycles. The predicted molar refractivity (Wildman–Crippen MR) is 84.7 cm³/mol. The Labute approximate surface area is 132 Å². The highest BCUT2D eigenvalue weighted by atomic mass is 16.5. The maximum Gasteiger partial charge on any atom is 0.299 e. The van der Waals surface area contributed by atoms with Crippen LogP contribution in [0.3, 0.4) is 0 Å². The van der Waals surface area contributed by atoms with Crippen molar-refractivity contribution in [2.75, 3.05) is 23.9 Å². The smallest absolute Gasteiger partial charge is 0.299 e. The molecule has 0 aliphatic carbocycles. The molecule has 0 atom stereocenters. The third-order valence-corrected chi connectivity index (χ3v) is 3.55. The normalized spacial score (nSPS) is 13.0. The average Bonchev–Trinajstić information content (AvgIpc) is 2.81.